The maximum atomic E-state index is 5.94. The van der Waals surface area contributed by atoms with Gasteiger partial charge in [-0.05, 0) is 36.3 Å². The summed E-state index contributed by atoms with van der Waals surface area (Å²) in [6, 6.07) is 13.9. The third-order valence-electron chi connectivity index (χ3n) is 2.55. The molecule has 0 radical (unpaired) electrons. The lowest BCUT2D eigenvalue weighted by molar-refractivity contribution is 0.873. The maximum Gasteiger partial charge on any atom is 0.170 e. The predicted octanol–water partition coefficient (Wildman–Crippen LogP) is 3.26. The van der Waals surface area contributed by atoms with E-state index in [0.717, 1.165) is 13.0 Å². The van der Waals surface area contributed by atoms with Gasteiger partial charge >= 0.3 is 0 Å². The molecular weight excluding hydrogens is 278 g/mol. The standard InChI is InChI=1S/C14H14ClN3S/c15-13-12(7-4-9-16-13)18-14(19)17-10-8-11-5-2-1-3-6-11/h1-7,9H,8,10H2,(H2,17,18,19). The molecule has 0 aliphatic rings. The Kier molecular flexibility index (Phi) is 5.12. The predicted molar refractivity (Wildman–Crippen MR) is 83.6 cm³/mol. The van der Waals surface area contributed by atoms with Crippen molar-refractivity contribution in [3.05, 3.63) is 59.4 Å². The fourth-order valence-electron chi connectivity index (χ4n) is 1.61. The molecular formula is C14H14ClN3S. The van der Waals surface area contributed by atoms with Crippen LogP contribution in [0.1, 0.15) is 5.56 Å². The number of hydrogen-bond donors (Lipinski definition) is 2. The zero-order valence-corrected chi connectivity index (χ0v) is 11.8. The van der Waals surface area contributed by atoms with Crippen LogP contribution in [0.2, 0.25) is 5.15 Å². The van der Waals surface area contributed by atoms with Crippen molar-refractivity contribution < 1.29 is 0 Å². The van der Waals surface area contributed by atoms with E-state index < -0.39 is 0 Å². The first-order valence-corrected chi connectivity index (χ1v) is 6.73. The molecule has 0 aliphatic carbocycles. The van der Waals surface area contributed by atoms with Crippen molar-refractivity contribution in [3.8, 4) is 0 Å². The molecule has 1 heterocycles. The van der Waals surface area contributed by atoms with E-state index in [0.29, 0.717) is 16.0 Å². The van der Waals surface area contributed by atoms with E-state index in [-0.39, 0.29) is 0 Å². The first-order chi connectivity index (χ1) is 9.25. The third-order valence-corrected chi connectivity index (χ3v) is 3.10. The van der Waals surface area contributed by atoms with E-state index in [2.05, 4.69) is 27.8 Å². The summed E-state index contributed by atoms with van der Waals surface area (Å²) in [5.41, 5.74) is 1.98. The van der Waals surface area contributed by atoms with Crippen molar-refractivity contribution in [1.29, 1.82) is 0 Å². The van der Waals surface area contributed by atoms with Crippen molar-refractivity contribution in [2.24, 2.45) is 0 Å². The minimum absolute atomic E-state index is 0.412. The minimum Gasteiger partial charge on any atom is -0.362 e. The molecule has 0 saturated heterocycles. The van der Waals surface area contributed by atoms with Gasteiger partial charge in [-0.25, -0.2) is 4.98 Å². The number of rotatable bonds is 4. The van der Waals surface area contributed by atoms with Gasteiger partial charge in [0.1, 0.15) is 0 Å². The summed E-state index contributed by atoms with van der Waals surface area (Å²) in [5, 5.41) is 7.12. The number of thiocarbonyl (C=S) groups is 1. The van der Waals surface area contributed by atoms with E-state index in [4.69, 9.17) is 23.8 Å². The molecule has 0 saturated carbocycles. The first kappa shape index (κ1) is 13.8. The summed E-state index contributed by atoms with van der Waals surface area (Å²) in [6.45, 7) is 0.772. The summed E-state index contributed by atoms with van der Waals surface area (Å²) >= 11 is 11.1. The lowest BCUT2D eigenvalue weighted by Crippen LogP contribution is -2.30. The van der Waals surface area contributed by atoms with Gasteiger partial charge in [0.2, 0.25) is 0 Å². The molecule has 98 valence electrons. The number of nitrogens with one attached hydrogen (secondary N) is 2. The Bertz CT molecular complexity index is 545. The van der Waals surface area contributed by atoms with Gasteiger partial charge in [0, 0.05) is 12.7 Å². The Hall–Kier alpha value is -1.65. The van der Waals surface area contributed by atoms with Crippen molar-refractivity contribution in [3.63, 3.8) is 0 Å². The summed E-state index contributed by atoms with van der Waals surface area (Å²) in [5.74, 6) is 0. The summed E-state index contributed by atoms with van der Waals surface area (Å²) in [6.07, 6.45) is 2.56. The molecule has 5 heteroatoms. The second-order valence-corrected chi connectivity index (χ2v) is 4.72. The van der Waals surface area contributed by atoms with Gasteiger partial charge in [-0.2, -0.15) is 0 Å². The summed E-state index contributed by atoms with van der Waals surface area (Å²) < 4.78 is 0. The van der Waals surface area contributed by atoms with Crippen molar-refractivity contribution in [2.45, 2.75) is 6.42 Å². The molecule has 0 spiro atoms. The number of aromatic nitrogens is 1. The van der Waals surface area contributed by atoms with Gasteiger partial charge in [-0.3, -0.25) is 0 Å². The molecule has 0 amide bonds. The average molecular weight is 292 g/mol. The van der Waals surface area contributed by atoms with Gasteiger partial charge in [0.05, 0.1) is 5.69 Å². The average Bonchev–Trinajstić information content (AvgIpc) is 2.43. The molecule has 2 rings (SSSR count). The fourth-order valence-corrected chi connectivity index (χ4v) is 1.99. The number of anilines is 1. The van der Waals surface area contributed by atoms with Crippen LogP contribution in [0.25, 0.3) is 0 Å². The lowest BCUT2D eigenvalue weighted by atomic mass is 10.1. The Morgan fingerprint density at radius 1 is 1.16 bits per heavy atom. The molecule has 0 atom stereocenters. The van der Waals surface area contributed by atoms with E-state index in [9.17, 15) is 0 Å². The number of halogens is 1. The highest BCUT2D eigenvalue weighted by Gasteiger charge is 2.02. The smallest absolute Gasteiger partial charge is 0.170 e. The topological polar surface area (TPSA) is 37.0 Å². The Morgan fingerprint density at radius 3 is 2.68 bits per heavy atom. The molecule has 0 bridgehead atoms. The van der Waals surface area contributed by atoms with E-state index in [1.807, 2.05) is 24.3 Å². The summed E-state index contributed by atoms with van der Waals surface area (Å²) in [4.78, 5) is 3.98. The van der Waals surface area contributed by atoms with Crippen LogP contribution in [-0.2, 0) is 6.42 Å². The van der Waals surface area contributed by atoms with Crippen LogP contribution in [0, 0.1) is 0 Å². The quantitative estimate of drug-likeness (QED) is 0.670. The highest BCUT2D eigenvalue weighted by molar-refractivity contribution is 7.80. The number of hydrogen-bond acceptors (Lipinski definition) is 2. The first-order valence-electron chi connectivity index (χ1n) is 5.95. The highest BCUT2D eigenvalue weighted by atomic mass is 35.5. The van der Waals surface area contributed by atoms with Crippen molar-refractivity contribution in [2.75, 3.05) is 11.9 Å². The molecule has 0 unspecified atom stereocenters. The molecule has 2 N–H and O–H groups in total. The minimum atomic E-state index is 0.412. The lowest BCUT2D eigenvalue weighted by Gasteiger charge is -2.11. The normalized spacial score (nSPS) is 9.95. The molecule has 19 heavy (non-hydrogen) atoms. The number of nitrogens with zero attached hydrogens (tertiary/aromatic N) is 1. The van der Waals surface area contributed by atoms with Crippen LogP contribution in [0.15, 0.2) is 48.7 Å². The fraction of sp³-hybridized carbons (Fsp3) is 0.143. The zero-order valence-electron chi connectivity index (χ0n) is 10.3. The Morgan fingerprint density at radius 2 is 1.95 bits per heavy atom. The maximum absolute atomic E-state index is 5.94. The van der Waals surface area contributed by atoms with Crippen LogP contribution >= 0.6 is 23.8 Å². The van der Waals surface area contributed by atoms with Gasteiger partial charge < -0.3 is 10.6 Å². The molecule has 1 aromatic carbocycles. The van der Waals surface area contributed by atoms with Crippen molar-refractivity contribution in [1.82, 2.24) is 10.3 Å². The van der Waals surface area contributed by atoms with Gasteiger partial charge in [0.25, 0.3) is 0 Å². The molecule has 3 nitrogen and oxygen atoms in total. The molecule has 2 aromatic rings. The summed E-state index contributed by atoms with van der Waals surface area (Å²) in [7, 11) is 0. The largest absolute Gasteiger partial charge is 0.362 e. The van der Waals surface area contributed by atoms with E-state index >= 15 is 0 Å². The van der Waals surface area contributed by atoms with Crippen LogP contribution in [0.3, 0.4) is 0 Å². The third kappa shape index (κ3) is 4.50. The van der Waals surface area contributed by atoms with Crippen molar-refractivity contribution >= 4 is 34.6 Å². The van der Waals surface area contributed by atoms with Gasteiger partial charge in [-0.15, -0.1) is 0 Å². The molecule has 0 aliphatic heterocycles. The Labute approximate surface area is 123 Å². The second-order valence-electron chi connectivity index (χ2n) is 3.96. The molecule has 1 aromatic heterocycles. The van der Waals surface area contributed by atoms with Crippen LogP contribution < -0.4 is 10.6 Å². The van der Waals surface area contributed by atoms with Crippen LogP contribution in [-0.4, -0.2) is 16.6 Å². The van der Waals surface area contributed by atoms with Gasteiger partial charge in [0.15, 0.2) is 10.3 Å². The van der Waals surface area contributed by atoms with Crippen LogP contribution in [0.5, 0.6) is 0 Å². The monoisotopic (exact) mass is 291 g/mol. The highest BCUT2D eigenvalue weighted by Crippen LogP contribution is 2.16. The van der Waals surface area contributed by atoms with E-state index in [1.165, 1.54) is 5.56 Å². The zero-order chi connectivity index (χ0) is 13.5. The molecule has 0 fully saturated rings. The number of benzene rings is 1. The van der Waals surface area contributed by atoms with Crippen LogP contribution in [0.4, 0.5) is 5.69 Å². The number of pyridine rings is 1. The Balaban J connectivity index is 1.78. The van der Waals surface area contributed by atoms with E-state index in [1.54, 1.807) is 12.3 Å². The SMILES string of the molecule is S=C(NCCc1ccccc1)Nc1cccnc1Cl. The van der Waals surface area contributed by atoms with Gasteiger partial charge in [-0.1, -0.05) is 41.9 Å². The second kappa shape index (κ2) is 7.07.